The van der Waals surface area contributed by atoms with Gasteiger partial charge in [0.1, 0.15) is 0 Å². The molecule has 2 rings (SSSR count). The van der Waals surface area contributed by atoms with Gasteiger partial charge in [0.15, 0.2) is 0 Å². The van der Waals surface area contributed by atoms with Crippen molar-refractivity contribution in [3.8, 4) is 0 Å². The maximum atomic E-state index is 12.2. The first-order chi connectivity index (χ1) is 10.1. The topological polar surface area (TPSA) is 81.7 Å². The number of rotatable bonds is 4. The molecule has 1 saturated heterocycles. The number of aliphatic carboxylic acids is 1. The molecule has 0 spiro atoms. The zero-order chi connectivity index (χ0) is 15.2. The molecule has 21 heavy (non-hydrogen) atoms. The standard InChI is InChI=1S/C15H21N3O3/c1-16-10-12-4-2-3-5-13(12)17-15(21)18-8-6-11(7-9-18)14(19)20/h2-5,11,16H,6-10H2,1H3,(H,17,21)(H,19,20). The Labute approximate surface area is 124 Å². The normalized spacial score (nSPS) is 15.8. The molecule has 1 heterocycles. The van der Waals surface area contributed by atoms with Crippen LogP contribution in [0.5, 0.6) is 0 Å². The summed E-state index contributed by atoms with van der Waals surface area (Å²) in [5, 5.41) is 14.9. The molecular formula is C15H21N3O3. The third-order valence-electron chi connectivity index (χ3n) is 3.76. The van der Waals surface area contributed by atoms with Crippen molar-refractivity contribution in [1.29, 1.82) is 0 Å². The molecule has 6 heteroatoms. The maximum absolute atomic E-state index is 12.2. The monoisotopic (exact) mass is 291 g/mol. The van der Waals surface area contributed by atoms with Crippen LogP contribution in [0.2, 0.25) is 0 Å². The Morgan fingerprint density at radius 3 is 2.57 bits per heavy atom. The van der Waals surface area contributed by atoms with Crippen molar-refractivity contribution in [3.63, 3.8) is 0 Å². The Bertz CT molecular complexity index is 511. The number of carbonyl (C=O) groups excluding carboxylic acids is 1. The molecule has 1 aromatic rings. The molecular weight excluding hydrogens is 270 g/mol. The summed E-state index contributed by atoms with van der Waals surface area (Å²) in [5.74, 6) is -1.10. The van der Waals surface area contributed by atoms with Crippen molar-refractivity contribution in [1.82, 2.24) is 10.2 Å². The van der Waals surface area contributed by atoms with E-state index in [9.17, 15) is 9.59 Å². The molecule has 6 nitrogen and oxygen atoms in total. The van der Waals surface area contributed by atoms with Gasteiger partial charge < -0.3 is 20.6 Å². The number of benzene rings is 1. The van der Waals surface area contributed by atoms with Gasteiger partial charge in [-0.25, -0.2) is 4.79 Å². The number of hydrogen-bond acceptors (Lipinski definition) is 3. The van der Waals surface area contributed by atoms with E-state index >= 15 is 0 Å². The van der Waals surface area contributed by atoms with Gasteiger partial charge in [-0.3, -0.25) is 4.79 Å². The van der Waals surface area contributed by atoms with Gasteiger partial charge in [0.2, 0.25) is 0 Å². The van der Waals surface area contributed by atoms with Crippen molar-refractivity contribution in [3.05, 3.63) is 29.8 Å². The van der Waals surface area contributed by atoms with E-state index in [2.05, 4.69) is 10.6 Å². The lowest BCUT2D eigenvalue weighted by Gasteiger charge is -2.30. The van der Waals surface area contributed by atoms with Crippen LogP contribution in [-0.4, -0.2) is 42.1 Å². The minimum Gasteiger partial charge on any atom is -0.481 e. The lowest BCUT2D eigenvalue weighted by atomic mass is 9.97. The molecule has 1 aromatic carbocycles. The van der Waals surface area contributed by atoms with Gasteiger partial charge in [0.25, 0.3) is 0 Å². The lowest BCUT2D eigenvalue weighted by Crippen LogP contribution is -2.42. The predicted molar refractivity (Wildman–Crippen MR) is 80.2 cm³/mol. The number of hydrogen-bond donors (Lipinski definition) is 3. The summed E-state index contributed by atoms with van der Waals surface area (Å²) in [7, 11) is 1.86. The number of carboxylic acid groups (broad SMARTS) is 1. The van der Waals surface area contributed by atoms with Crippen molar-refractivity contribution >= 4 is 17.7 Å². The van der Waals surface area contributed by atoms with Crippen LogP contribution in [0.25, 0.3) is 0 Å². The van der Waals surface area contributed by atoms with Crippen LogP contribution in [0.1, 0.15) is 18.4 Å². The summed E-state index contributed by atoms with van der Waals surface area (Å²) < 4.78 is 0. The highest BCUT2D eigenvalue weighted by Gasteiger charge is 2.27. The van der Waals surface area contributed by atoms with E-state index in [4.69, 9.17) is 5.11 Å². The molecule has 0 atom stereocenters. The van der Waals surface area contributed by atoms with Gasteiger partial charge in [-0.05, 0) is 31.5 Å². The molecule has 114 valence electrons. The average molecular weight is 291 g/mol. The van der Waals surface area contributed by atoms with E-state index in [1.54, 1.807) is 4.90 Å². The van der Waals surface area contributed by atoms with Crippen molar-refractivity contribution < 1.29 is 14.7 Å². The maximum Gasteiger partial charge on any atom is 0.321 e. The minimum absolute atomic E-state index is 0.164. The zero-order valence-corrected chi connectivity index (χ0v) is 12.1. The second-order valence-corrected chi connectivity index (χ2v) is 5.22. The molecule has 0 saturated carbocycles. The van der Waals surface area contributed by atoms with E-state index in [-0.39, 0.29) is 11.9 Å². The molecule has 2 amide bonds. The van der Waals surface area contributed by atoms with E-state index in [0.717, 1.165) is 11.3 Å². The van der Waals surface area contributed by atoms with Gasteiger partial charge in [-0.1, -0.05) is 18.2 Å². The number of likely N-dealkylation sites (tertiary alicyclic amines) is 1. The molecule has 1 aliphatic rings. The summed E-state index contributed by atoms with van der Waals surface area (Å²) in [6.07, 6.45) is 1.03. The fourth-order valence-corrected chi connectivity index (χ4v) is 2.51. The first-order valence-corrected chi connectivity index (χ1v) is 7.13. The number of carbonyl (C=O) groups is 2. The van der Waals surface area contributed by atoms with E-state index in [0.29, 0.717) is 32.5 Å². The highest BCUT2D eigenvalue weighted by atomic mass is 16.4. The van der Waals surface area contributed by atoms with Gasteiger partial charge in [-0.15, -0.1) is 0 Å². The summed E-state index contributed by atoms with van der Waals surface area (Å²) in [4.78, 5) is 24.8. The first-order valence-electron chi connectivity index (χ1n) is 7.13. The first kappa shape index (κ1) is 15.3. The predicted octanol–water partition coefficient (Wildman–Crippen LogP) is 1.73. The Kier molecular flexibility index (Phi) is 5.16. The Balaban J connectivity index is 1.95. The van der Waals surface area contributed by atoms with Crippen LogP contribution >= 0.6 is 0 Å². The SMILES string of the molecule is CNCc1ccccc1NC(=O)N1CCC(C(=O)O)CC1. The van der Waals surface area contributed by atoms with Crippen LogP contribution in [-0.2, 0) is 11.3 Å². The largest absolute Gasteiger partial charge is 0.481 e. The van der Waals surface area contributed by atoms with E-state index in [1.807, 2.05) is 31.3 Å². The van der Waals surface area contributed by atoms with Gasteiger partial charge >= 0.3 is 12.0 Å². The lowest BCUT2D eigenvalue weighted by molar-refractivity contribution is -0.143. The van der Waals surface area contributed by atoms with E-state index in [1.165, 1.54) is 0 Å². The second kappa shape index (κ2) is 7.08. The number of anilines is 1. The summed E-state index contributed by atoms with van der Waals surface area (Å²) >= 11 is 0. The second-order valence-electron chi connectivity index (χ2n) is 5.22. The third-order valence-corrected chi connectivity index (χ3v) is 3.76. The van der Waals surface area contributed by atoms with Gasteiger partial charge in [0.05, 0.1) is 5.92 Å². The molecule has 0 bridgehead atoms. The third kappa shape index (κ3) is 3.95. The summed E-state index contributed by atoms with van der Waals surface area (Å²) in [5.41, 5.74) is 1.81. The number of amides is 2. The molecule has 0 aromatic heterocycles. The molecule has 0 radical (unpaired) electrons. The number of piperidine rings is 1. The molecule has 1 aliphatic heterocycles. The summed E-state index contributed by atoms with van der Waals surface area (Å²) in [6.45, 7) is 1.64. The molecule has 0 aliphatic carbocycles. The fraction of sp³-hybridized carbons (Fsp3) is 0.467. The number of nitrogens with one attached hydrogen (secondary N) is 2. The average Bonchev–Trinajstić information content (AvgIpc) is 2.49. The van der Waals surface area contributed by atoms with Crippen LogP contribution in [0.4, 0.5) is 10.5 Å². The van der Waals surface area contributed by atoms with Crippen LogP contribution in [0.15, 0.2) is 24.3 Å². The quantitative estimate of drug-likeness (QED) is 0.789. The Morgan fingerprint density at radius 1 is 1.29 bits per heavy atom. The highest BCUT2D eigenvalue weighted by molar-refractivity contribution is 5.90. The zero-order valence-electron chi connectivity index (χ0n) is 12.1. The van der Waals surface area contributed by atoms with Gasteiger partial charge in [0, 0.05) is 25.3 Å². The molecule has 1 fully saturated rings. The number of carboxylic acids is 1. The number of nitrogens with zero attached hydrogens (tertiary/aromatic N) is 1. The fourth-order valence-electron chi connectivity index (χ4n) is 2.51. The minimum atomic E-state index is -0.769. The highest BCUT2D eigenvalue weighted by Crippen LogP contribution is 2.20. The van der Waals surface area contributed by atoms with E-state index < -0.39 is 5.97 Å². The Morgan fingerprint density at radius 2 is 1.95 bits per heavy atom. The summed E-state index contributed by atoms with van der Waals surface area (Å²) in [6, 6.07) is 7.48. The number of urea groups is 1. The van der Waals surface area contributed by atoms with Crippen LogP contribution in [0, 0.1) is 5.92 Å². The van der Waals surface area contributed by atoms with Gasteiger partial charge in [-0.2, -0.15) is 0 Å². The van der Waals surface area contributed by atoms with Crippen LogP contribution in [0.3, 0.4) is 0 Å². The number of para-hydroxylation sites is 1. The van der Waals surface area contributed by atoms with Crippen molar-refractivity contribution in [2.45, 2.75) is 19.4 Å². The Hall–Kier alpha value is -2.08. The van der Waals surface area contributed by atoms with Crippen LogP contribution < -0.4 is 10.6 Å². The molecule has 0 unspecified atom stereocenters. The molecule has 3 N–H and O–H groups in total. The van der Waals surface area contributed by atoms with Crippen molar-refractivity contribution in [2.75, 3.05) is 25.5 Å². The smallest absolute Gasteiger partial charge is 0.321 e. The van der Waals surface area contributed by atoms with Crippen molar-refractivity contribution in [2.24, 2.45) is 5.92 Å².